The molecule has 0 aliphatic carbocycles. The van der Waals surface area contributed by atoms with Gasteiger partial charge in [-0.05, 0) is 30.3 Å². The van der Waals surface area contributed by atoms with Crippen LogP contribution in [0.2, 0.25) is 0 Å². The Morgan fingerprint density at radius 1 is 1.12 bits per heavy atom. The van der Waals surface area contributed by atoms with E-state index in [0.717, 1.165) is 12.1 Å². The van der Waals surface area contributed by atoms with Crippen molar-refractivity contribution in [2.45, 2.75) is 6.18 Å². The summed E-state index contributed by atoms with van der Waals surface area (Å²) < 4.78 is 39.6. The van der Waals surface area contributed by atoms with Gasteiger partial charge in [0, 0.05) is 11.6 Å². The molecule has 2 N–H and O–H groups in total. The SMILES string of the molecule is O=C(Nc1cnn(-c2cccc(O)c2)c1)c1cccc(C(F)(F)F)c1. The summed E-state index contributed by atoms with van der Waals surface area (Å²) in [6, 6.07) is 10.5. The molecule has 128 valence electrons. The number of nitrogens with one attached hydrogen (secondary N) is 1. The summed E-state index contributed by atoms with van der Waals surface area (Å²) >= 11 is 0. The highest BCUT2D eigenvalue weighted by Gasteiger charge is 2.30. The van der Waals surface area contributed by atoms with Crippen LogP contribution < -0.4 is 5.32 Å². The number of amides is 1. The fourth-order valence-electron chi connectivity index (χ4n) is 2.20. The third kappa shape index (κ3) is 3.79. The number of phenols is 1. The van der Waals surface area contributed by atoms with Gasteiger partial charge in [0.05, 0.1) is 29.3 Å². The molecule has 0 radical (unpaired) electrons. The number of anilines is 1. The zero-order chi connectivity index (χ0) is 18.0. The van der Waals surface area contributed by atoms with Gasteiger partial charge < -0.3 is 10.4 Å². The zero-order valence-corrected chi connectivity index (χ0v) is 12.7. The second-order valence-corrected chi connectivity index (χ2v) is 5.23. The minimum atomic E-state index is -4.52. The number of aromatic nitrogens is 2. The van der Waals surface area contributed by atoms with Crippen LogP contribution in [0.4, 0.5) is 18.9 Å². The Labute approximate surface area is 140 Å². The molecule has 0 unspecified atom stereocenters. The van der Waals surface area contributed by atoms with Gasteiger partial charge in [0.15, 0.2) is 0 Å². The number of benzene rings is 2. The van der Waals surface area contributed by atoms with Gasteiger partial charge in [0.2, 0.25) is 0 Å². The fourth-order valence-corrected chi connectivity index (χ4v) is 2.20. The predicted octanol–water partition coefficient (Wildman–Crippen LogP) is 3.85. The molecule has 0 bridgehead atoms. The lowest BCUT2D eigenvalue weighted by molar-refractivity contribution is -0.137. The first-order valence-corrected chi connectivity index (χ1v) is 7.15. The van der Waals surface area contributed by atoms with E-state index in [-0.39, 0.29) is 11.3 Å². The van der Waals surface area contributed by atoms with E-state index in [1.807, 2.05) is 0 Å². The Morgan fingerprint density at radius 2 is 1.88 bits per heavy atom. The molecule has 1 aromatic heterocycles. The Balaban J connectivity index is 1.78. The highest BCUT2D eigenvalue weighted by atomic mass is 19.4. The standard InChI is InChI=1S/C17H12F3N3O2/c18-17(19,20)12-4-1-3-11(7-12)16(25)22-13-9-21-23(10-13)14-5-2-6-15(24)8-14/h1-10,24H,(H,22,25). The van der Waals surface area contributed by atoms with Gasteiger partial charge in [-0.3, -0.25) is 4.79 Å². The van der Waals surface area contributed by atoms with Crippen LogP contribution in [-0.2, 0) is 6.18 Å². The molecule has 0 saturated carbocycles. The number of aromatic hydroxyl groups is 1. The number of halogens is 3. The normalized spacial score (nSPS) is 11.3. The monoisotopic (exact) mass is 347 g/mol. The van der Waals surface area contributed by atoms with Crippen LogP contribution in [0.25, 0.3) is 5.69 Å². The van der Waals surface area contributed by atoms with E-state index < -0.39 is 17.6 Å². The number of hydrogen-bond acceptors (Lipinski definition) is 3. The number of rotatable bonds is 3. The molecule has 0 aliphatic rings. The first kappa shape index (κ1) is 16.6. The Hall–Kier alpha value is -3.29. The summed E-state index contributed by atoms with van der Waals surface area (Å²) in [5, 5.41) is 16.0. The van der Waals surface area contributed by atoms with Gasteiger partial charge in [0.1, 0.15) is 5.75 Å². The maximum absolute atomic E-state index is 12.7. The first-order chi connectivity index (χ1) is 11.8. The Kier molecular flexibility index (Phi) is 4.18. The molecular weight excluding hydrogens is 335 g/mol. The number of carbonyl (C=O) groups is 1. The molecule has 0 atom stereocenters. The topological polar surface area (TPSA) is 67.2 Å². The summed E-state index contributed by atoms with van der Waals surface area (Å²) in [6.07, 6.45) is -1.67. The van der Waals surface area contributed by atoms with Crippen molar-refractivity contribution in [1.29, 1.82) is 0 Å². The number of alkyl halides is 3. The Bertz CT molecular complexity index is 919. The summed E-state index contributed by atoms with van der Waals surface area (Å²) in [5.74, 6) is -0.621. The fraction of sp³-hybridized carbons (Fsp3) is 0.0588. The van der Waals surface area contributed by atoms with Crippen LogP contribution in [-0.4, -0.2) is 20.8 Å². The molecule has 0 spiro atoms. The second-order valence-electron chi connectivity index (χ2n) is 5.23. The van der Waals surface area contributed by atoms with Gasteiger partial charge >= 0.3 is 6.18 Å². The van der Waals surface area contributed by atoms with E-state index in [1.54, 1.807) is 12.1 Å². The molecule has 5 nitrogen and oxygen atoms in total. The number of nitrogens with zero attached hydrogens (tertiary/aromatic N) is 2. The molecule has 3 aromatic rings. The van der Waals surface area contributed by atoms with Crippen LogP contribution in [0, 0.1) is 0 Å². The smallest absolute Gasteiger partial charge is 0.416 e. The van der Waals surface area contributed by atoms with Crippen molar-refractivity contribution in [3.63, 3.8) is 0 Å². The quantitative estimate of drug-likeness (QED) is 0.756. The third-order valence-corrected chi connectivity index (χ3v) is 3.39. The van der Waals surface area contributed by atoms with E-state index in [0.29, 0.717) is 11.4 Å². The van der Waals surface area contributed by atoms with Crippen LogP contribution in [0.1, 0.15) is 15.9 Å². The first-order valence-electron chi connectivity index (χ1n) is 7.15. The van der Waals surface area contributed by atoms with E-state index in [9.17, 15) is 23.1 Å². The largest absolute Gasteiger partial charge is 0.508 e. The number of hydrogen-bond donors (Lipinski definition) is 2. The van der Waals surface area contributed by atoms with Crippen molar-refractivity contribution >= 4 is 11.6 Å². The number of phenolic OH excluding ortho intramolecular Hbond substituents is 1. The molecule has 1 heterocycles. The van der Waals surface area contributed by atoms with Crippen LogP contribution in [0.5, 0.6) is 5.75 Å². The van der Waals surface area contributed by atoms with Gasteiger partial charge in [0.25, 0.3) is 5.91 Å². The van der Waals surface area contributed by atoms with Gasteiger partial charge in [-0.15, -0.1) is 0 Å². The molecule has 0 fully saturated rings. The number of carbonyl (C=O) groups excluding carboxylic acids is 1. The predicted molar refractivity (Wildman–Crippen MR) is 84.6 cm³/mol. The summed E-state index contributed by atoms with van der Waals surface area (Å²) in [6.45, 7) is 0. The maximum Gasteiger partial charge on any atom is 0.416 e. The lowest BCUT2D eigenvalue weighted by Gasteiger charge is -2.08. The summed E-state index contributed by atoms with van der Waals surface area (Å²) in [5.41, 5.74) is -0.124. The molecule has 8 heteroatoms. The highest BCUT2D eigenvalue weighted by Crippen LogP contribution is 2.29. The lowest BCUT2D eigenvalue weighted by Crippen LogP contribution is -2.13. The third-order valence-electron chi connectivity index (χ3n) is 3.39. The van der Waals surface area contributed by atoms with Crippen molar-refractivity contribution in [1.82, 2.24) is 9.78 Å². The van der Waals surface area contributed by atoms with Crippen LogP contribution >= 0.6 is 0 Å². The second kappa shape index (κ2) is 6.31. The van der Waals surface area contributed by atoms with Crippen molar-refractivity contribution < 1.29 is 23.1 Å². The summed E-state index contributed by atoms with van der Waals surface area (Å²) in [7, 11) is 0. The van der Waals surface area contributed by atoms with E-state index in [4.69, 9.17) is 0 Å². The average molecular weight is 347 g/mol. The van der Waals surface area contributed by atoms with E-state index in [2.05, 4.69) is 10.4 Å². The summed E-state index contributed by atoms with van der Waals surface area (Å²) in [4.78, 5) is 12.1. The molecular formula is C17H12F3N3O2. The minimum Gasteiger partial charge on any atom is -0.508 e. The molecule has 0 aliphatic heterocycles. The zero-order valence-electron chi connectivity index (χ0n) is 12.7. The van der Waals surface area contributed by atoms with Crippen molar-refractivity contribution in [2.24, 2.45) is 0 Å². The Morgan fingerprint density at radius 3 is 2.60 bits per heavy atom. The van der Waals surface area contributed by atoms with Gasteiger partial charge in [-0.25, -0.2) is 4.68 Å². The van der Waals surface area contributed by atoms with Crippen molar-refractivity contribution in [2.75, 3.05) is 5.32 Å². The molecule has 1 amide bonds. The van der Waals surface area contributed by atoms with Crippen LogP contribution in [0.3, 0.4) is 0 Å². The van der Waals surface area contributed by atoms with Crippen molar-refractivity contribution in [3.8, 4) is 11.4 Å². The van der Waals surface area contributed by atoms with Crippen LogP contribution in [0.15, 0.2) is 60.9 Å². The lowest BCUT2D eigenvalue weighted by atomic mass is 10.1. The van der Waals surface area contributed by atoms with Gasteiger partial charge in [-0.1, -0.05) is 12.1 Å². The molecule has 0 saturated heterocycles. The van der Waals surface area contributed by atoms with Gasteiger partial charge in [-0.2, -0.15) is 18.3 Å². The highest BCUT2D eigenvalue weighted by molar-refractivity contribution is 6.04. The minimum absolute atomic E-state index is 0.0579. The molecule has 25 heavy (non-hydrogen) atoms. The van der Waals surface area contributed by atoms with E-state index in [1.165, 1.54) is 41.3 Å². The van der Waals surface area contributed by atoms with Crippen molar-refractivity contribution in [3.05, 3.63) is 72.1 Å². The van der Waals surface area contributed by atoms with E-state index >= 15 is 0 Å². The molecule has 2 aromatic carbocycles. The average Bonchev–Trinajstić information content (AvgIpc) is 3.03. The molecule has 3 rings (SSSR count). The maximum atomic E-state index is 12.7.